The number of carbonyl (C=O) groups is 2. The Morgan fingerprint density at radius 1 is 1.11 bits per heavy atom. The van der Waals surface area contributed by atoms with Crippen molar-refractivity contribution < 1.29 is 18.7 Å². The van der Waals surface area contributed by atoms with Gasteiger partial charge in [-0.25, -0.2) is 9.40 Å². The molecule has 0 aliphatic carbocycles. The van der Waals surface area contributed by atoms with Crippen LogP contribution in [0.25, 0.3) is 0 Å². The Kier molecular flexibility index (Phi) is 8.09. The highest BCUT2D eigenvalue weighted by atomic mass is 32.1. The average Bonchev–Trinajstić information content (AvgIpc) is 3.67. The van der Waals surface area contributed by atoms with E-state index in [0.717, 1.165) is 34.1 Å². The highest BCUT2D eigenvalue weighted by Gasteiger charge is 2.36. The van der Waals surface area contributed by atoms with Gasteiger partial charge in [-0.2, -0.15) is 5.10 Å². The molecule has 2 aliphatic heterocycles. The van der Waals surface area contributed by atoms with Crippen LogP contribution in [0.4, 0.5) is 4.39 Å². The molecule has 1 atom stereocenters. The third kappa shape index (κ3) is 5.82. The van der Waals surface area contributed by atoms with Gasteiger partial charge in [0.15, 0.2) is 0 Å². The van der Waals surface area contributed by atoms with Crippen molar-refractivity contribution in [1.29, 1.82) is 0 Å². The second-order valence-corrected chi connectivity index (χ2v) is 11.0. The topological polar surface area (TPSA) is 65.5 Å². The Labute approximate surface area is 223 Å². The van der Waals surface area contributed by atoms with Gasteiger partial charge < -0.3 is 9.64 Å². The summed E-state index contributed by atoms with van der Waals surface area (Å²) in [6.07, 6.45) is 0.614. The largest absolute Gasteiger partial charge is 0.379 e. The number of hydrogen-bond donors (Lipinski definition) is 0. The summed E-state index contributed by atoms with van der Waals surface area (Å²) in [7, 11) is 0. The maximum atomic E-state index is 14.5. The van der Waals surface area contributed by atoms with Gasteiger partial charge in [0.1, 0.15) is 12.4 Å². The second-order valence-electron chi connectivity index (χ2n) is 9.11. The normalized spacial score (nSPS) is 18.2. The zero-order valence-electron chi connectivity index (χ0n) is 20.6. The first-order valence-electron chi connectivity index (χ1n) is 12.3. The van der Waals surface area contributed by atoms with E-state index in [1.54, 1.807) is 34.8 Å². The van der Waals surface area contributed by atoms with E-state index < -0.39 is 11.7 Å². The number of rotatable bonds is 8. The molecule has 37 heavy (non-hydrogen) atoms. The van der Waals surface area contributed by atoms with Gasteiger partial charge in [-0.1, -0.05) is 18.2 Å². The minimum Gasteiger partial charge on any atom is -0.379 e. The van der Waals surface area contributed by atoms with E-state index in [1.807, 2.05) is 35.9 Å². The van der Waals surface area contributed by atoms with Crippen LogP contribution in [0.1, 0.15) is 38.1 Å². The van der Waals surface area contributed by atoms with Crippen LogP contribution >= 0.6 is 22.7 Å². The van der Waals surface area contributed by atoms with Gasteiger partial charge in [0, 0.05) is 37.5 Å². The van der Waals surface area contributed by atoms with Crippen LogP contribution in [0.15, 0.2) is 58.3 Å². The summed E-state index contributed by atoms with van der Waals surface area (Å²) >= 11 is 3.20. The fraction of sp³-hybridized carbons (Fsp3) is 0.370. The molecular formula is C27H29FN4O3S2. The molecule has 0 bridgehead atoms. The first kappa shape index (κ1) is 25.7. The number of hydrazone groups is 1. The van der Waals surface area contributed by atoms with Crippen molar-refractivity contribution in [3.05, 3.63) is 79.9 Å². The molecule has 2 aromatic heterocycles. The van der Waals surface area contributed by atoms with Crippen molar-refractivity contribution in [3.63, 3.8) is 0 Å². The molecular weight excluding hydrogens is 511 g/mol. The lowest BCUT2D eigenvalue weighted by atomic mass is 10.1. The predicted octanol–water partition coefficient (Wildman–Crippen LogP) is 4.41. The molecule has 2 amide bonds. The van der Waals surface area contributed by atoms with E-state index in [9.17, 15) is 14.0 Å². The van der Waals surface area contributed by atoms with Gasteiger partial charge in [0.05, 0.1) is 35.4 Å². The number of halogens is 1. The zero-order valence-corrected chi connectivity index (χ0v) is 22.3. The van der Waals surface area contributed by atoms with Crippen molar-refractivity contribution in [1.82, 2.24) is 14.8 Å². The van der Waals surface area contributed by atoms with Crippen molar-refractivity contribution in [2.75, 3.05) is 45.9 Å². The molecule has 1 aromatic carbocycles. The standard InChI is InChI=1S/C27H29FN4O3S2/c1-19-8-16-37-26(19)23-17-22(24-7-4-15-36-24)29-32(23)25(33)18-31(10-9-30-11-13-35-14-12-30)27(34)20-5-2-3-6-21(20)28/h2-8,15-16,23H,9-14,17-18H2,1H3/t23-/m1/s1. The summed E-state index contributed by atoms with van der Waals surface area (Å²) in [5.74, 6) is -1.37. The van der Waals surface area contributed by atoms with Crippen molar-refractivity contribution in [3.8, 4) is 0 Å². The molecule has 0 N–H and O–H groups in total. The molecule has 0 saturated carbocycles. The van der Waals surface area contributed by atoms with Gasteiger partial charge in [0.2, 0.25) is 0 Å². The maximum absolute atomic E-state index is 14.5. The lowest BCUT2D eigenvalue weighted by Crippen LogP contribution is -2.46. The molecule has 2 aliphatic rings. The molecule has 1 fully saturated rings. The molecule has 4 heterocycles. The Hall–Kier alpha value is -2.92. The van der Waals surface area contributed by atoms with Gasteiger partial charge >= 0.3 is 0 Å². The van der Waals surface area contributed by atoms with Crippen LogP contribution in [0, 0.1) is 12.7 Å². The summed E-state index contributed by atoms with van der Waals surface area (Å²) in [6.45, 7) is 5.52. The third-order valence-corrected chi connectivity index (χ3v) is 8.72. The Morgan fingerprint density at radius 2 is 1.92 bits per heavy atom. The van der Waals surface area contributed by atoms with Crippen LogP contribution in [0.3, 0.4) is 0 Å². The van der Waals surface area contributed by atoms with E-state index in [2.05, 4.69) is 4.90 Å². The number of ether oxygens (including phenoxy) is 1. The van der Waals surface area contributed by atoms with Gasteiger partial charge in [-0.3, -0.25) is 14.5 Å². The monoisotopic (exact) mass is 540 g/mol. The number of morpholine rings is 1. The van der Waals surface area contributed by atoms with Crippen molar-refractivity contribution >= 4 is 40.2 Å². The number of carbonyl (C=O) groups excluding carboxylic acids is 2. The number of benzene rings is 1. The first-order chi connectivity index (χ1) is 18.0. The van der Waals surface area contributed by atoms with E-state index >= 15 is 0 Å². The van der Waals surface area contributed by atoms with Crippen LogP contribution in [0.2, 0.25) is 0 Å². The summed E-state index contributed by atoms with van der Waals surface area (Å²) in [5.41, 5.74) is 1.94. The smallest absolute Gasteiger partial charge is 0.262 e. The molecule has 0 radical (unpaired) electrons. The van der Waals surface area contributed by atoms with Crippen molar-refractivity contribution in [2.24, 2.45) is 5.10 Å². The minimum absolute atomic E-state index is 0.0351. The summed E-state index contributed by atoms with van der Waals surface area (Å²) in [5, 5.41) is 10.3. The molecule has 194 valence electrons. The highest BCUT2D eigenvalue weighted by molar-refractivity contribution is 7.12. The lowest BCUT2D eigenvalue weighted by molar-refractivity contribution is -0.133. The van der Waals surface area contributed by atoms with Gasteiger partial charge in [-0.05, 0) is 47.5 Å². The van der Waals surface area contributed by atoms with E-state index in [1.165, 1.54) is 22.0 Å². The number of aryl methyl sites for hydroxylation is 1. The number of nitrogens with zero attached hydrogens (tertiary/aromatic N) is 4. The molecule has 1 saturated heterocycles. The molecule has 0 unspecified atom stereocenters. The molecule has 10 heteroatoms. The van der Waals surface area contributed by atoms with Crippen LogP contribution in [-0.2, 0) is 9.53 Å². The SMILES string of the molecule is Cc1ccsc1[C@H]1CC(c2cccs2)=NN1C(=O)CN(CCN1CCOCC1)C(=O)c1ccccc1F. The Morgan fingerprint density at radius 3 is 2.62 bits per heavy atom. The number of amides is 2. The molecule has 5 rings (SSSR count). The van der Waals surface area contributed by atoms with E-state index in [0.29, 0.717) is 32.7 Å². The van der Waals surface area contributed by atoms with Crippen LogP contribution in [-0.4, -0.2) is 78.3 Å². The van der Waals surface area contributed by atoms with Gasteiger partial charge in [0.25, 0.3) is 11.8 Å². The third-order valence-electron chi connectivity index (χ3n) is 6.68. The molecule has 3 aromatic rings. The zero-order chi connectivity index (χ0) is 25.8. The lowest BCUT2D eigenvalue weighted by Gasteiger charge is -2.31. The van der Waals surface area contributed by atoms with Crippen LogP contribution < -0.4 is 0 Å². The molecule has 7 nitrogen and oxygen atoms in total. The fourth-order valence-electron chi connectivity index (χ4n) is 4.64. The predicted molar refractivity (Wildman–Crippen MR) is 144 cm³/mol. The Bertz CT molecular complexity index is 1270. The number of thiophene rings is 2. The van der Waals surface area contributed by atoms with Gasteiger partial charge in [-0.15, -0.1) is 22.7 Å². The molecule has 0 spiro atoms. The summed E-state index contributed by atoms with van der Waals surface area (Å²) in [6, 6.07) is 11.7. The van der Waals surface area contributed by atoms with E-state index in [4.69, 9.17) is 9.84 Å². The summed E-state index contributed by atoms with van der Waals surface area (Å²) < 4.78 is 20.0. The fourth-order valence-corrected chi connectivity index (χ4v) is 6.38. The van der Waals surface area contributed by atoms with E-state index in [-0.39, 0.29) is 24.1 Å². The quantitative estimate of drug-likeness (QED) is 0.425. The second kappa shape index (κ2) is 11.6. The highest BCUT2D eigenvalue weighted by Crippen LogP contribution is 2.38. The average molecular weight is 541 g/mol. The van der Waals surface area contributed by atoms with Crippen molar-refractivity contribution in [2.45, 2.75) is 19.4 Å². The maximum Gasteiger partial charge on any atom is 0.262 e. The summed E-state index contributed by atoms with van der Waals surface area (Å²) in [4.78, 5) is 33.0. The first-order valence-corrected chi connectivity index (χ1v) is 14.1. The Balaban J connectivity index is 1.40. The number of hydrogen-bond acceptors (Lipinski definition) is 7. The van der Waals surface area contributed by atoms with Crippen LogP contribution in [0.5, 0.6) is 0 Å². The minimum atomic E-state index is -0.595.